The van der Waals surface area contributed by atoms with Crippen LogP contribution in [0.3, 0.4) is 0 Å². The summed E-state index contributed by atoms with van der Waals surface area (Å²) in [5, 5.41) is 3.27. The molecule has 3 rings (SSSR count). The fraction of sp³-hybridized carbons (Fsp3) is 0.571. The van der Waals surface area contributed by atoms with Gasteiger partial charge < -0.3 is 10.1 Å². The molecule has 0 spiro atoms. The minimum absolute atomic E-state index is 0. The first-order valence-corrected chi connectivity index (χ1v) is 8.62. The summed E-state index contributed by atoms with van der Waals surface area (Å²) >= 11 is 0. The van der Waals surface area contributed by atoms with E-state index in [2.05, 4.69) is 5.32 Å². The summed E-state index contributed by atoms with van der Waals surface area (Å²) in [5.41, 5.74) is 0. The number of sulfonamides is 1. The van der Waals surface area contributed by atoms with Crippen LogP contribution in [-0.4, -0.2) is 51.9 Å². The Labute approximate surface area is 140 Å². The zero-order chi connectivity index (χ0) is 15.7. The molecular weight excluding hydrogens is 350 g/mol. The summed E-state index contributed by atoms with van der Waals surface area (Å²) in [5.74, 6) is 0.994. The monoisotopic (exact) mass is 368 g/mol. The molecule has 130 valence electrons. The molecule has 0 saturated carbocycles. The molecule has 0 radical (unpaired) electrons. The van der Waals surface area contributed by atoms with Crippen LogP contribution in [0.1, 0.15) is 0 Å². The molecule has 9 heteroatoms. The van der Waals surface area contributed by atoms with Gasteiger partial charge in [-0.25, -0.2) is 17.2 Å². The molecule has 0 bridgehead atoms. The minimum Gasteiger partial charge on any atom is -0.488 e. The Morgan fingerprint density at radius 3 is 2.26 bits per heavy atom. The van der Waals surface area contributed by atoms with Crippen LogP contribution in [0.4, 0.5) is 8.78 Å². The standard InChI is InChI=1S/C14H18F2N2O3S.ClH/c15-14(16)9-21-12-1-3-13(4-2-12)22(19,20)18-7-10-5-17-6-11(10)8-18;/h1-4,10-11,14,17H,5-9H2;1H/t10-,11+;. The number of hydrogen-bond donors (Lipinski definition) is 1. The molecule has 1 aromatic carbocycles. The molecule has 2 saturated heterocycles. The van der Waals surface area contributed by atoms with E-state index in [-0.39, 0.29) is 23.1 Å². The SMILES string of the molecule is Cl.O=S(=O)(c1ccc(OCC(F)F)cc1)N1C[C@H]2CNC[C@H]2C1. The maximum atomic E-state index is 12.6. The van der Waals surface area contributed by atoms with Gasteiger partial charge in [-0.3, -0.25) is 0 Å². The summed E-state index contributed by atoms with van der Waals surface area (Å²) in [4.78, 5) is 0.171. The van der Waals surface area contributed by atoms with E-state index < -0.39 is 23.1 Å². The zero-order valence-corrected chi connectivity index (χ0v) is 14.0. The second-order valence-corrected chi connectivity index (χ2v) is 7.61. The highest BCUT2D eigenvalue weighted by atomic mass is 35.5. The van der Waals surface area contributed by atoms with Gasteiger partial charge in [-0.05, 0) is 49.2 Å². The third-order valence-corrected chi connectivity index (χ3v) is 6.04. The predicted molar refractivity (Wildman–Crippen MR) is 83.8 cm³/mol. The van der Waals surface area contributed by atoms with Crippen LogP contribution in [0.5, 0.6) is 5.75 Å². The Bertz CT molecular complexity index is 615. The molecule has 0 aromatic heterocycles. The minimum atomic E-state index is -3.53. The van der Waals surface area contributed by atoms with Crippen molar-refractivity contribution >= 4 is 22.4 Å². The first-order chi connectivity index (χ1) is 10.5. The molecule has 0 amide bonds. The third-order valence-electron chi connectivity index (χ3n) is 4.19. The molecule has 2 heterocycles. The second kappa shape index (κ2) is 7.29. The second-order valence-electron chi connectivity index (χ2n) is 5.67. The average Bonchev–Trinajstić information content (AvgIpc) is 3.07. The number of fused-ring (bicyclic) bond motifs is 1. The summed E-state index contributed by atoms with van der Waals surface area (Å²) in [6.45, 7) is 2.08. The number of hydrogen-bond acceptors (Lipinski definition) is 4. The van der Waals surface area contributed by atoms with Crippen LogP contribution in [0.2, 0.25) is 0 Å². The third kappa shape index (κ3) is 3.93. The molecule has 5 nitrogen and oxygen atoms in total. The lowest BCUT2D eigenvalue weighted by atomic mass is 10.0. The molecule has 2 aliphatic rings. The fourth-order valence-corrected chi connectivity index (χ4v) is 4.58. The van der Waals surface area contributed by atoms with Crippen LogP contribution in [-0.2, 0) is 10.0 Å². The Hall–Kier alpha value is -0.960. The number of benzene rings is 1. The summed E-state index contributed by atoms with van der Waals surface area (Å²) in [6.07, 6.45) is -2.55. The molecule has 2 aliphatic heterocycles. The average molecular weight is 369 g/mol. The number of nitrogens with one attached hydrogen (secondary N) is 1. The fourth-order valence-electron chi connectivity index (χ4n) is 3.02. The molecular formula is C14H19ClF2N2O3S. The first-order valence-electron chi connectivity index (χ1n) is 7.18. The highest BCUT2D eigenvalue weighted by molar-refractivity contribution is 7.89. The molecule has 2 fully saturated rings. The van der Waals surface area contributed by atoms with Gasteiger partial charge >= 0.3 is 0 Å². The van der Waals surface area contributed by atoms with Crippen molar-refractivity contribution in [2.24, 2.45) is 11.8 Å². The maximum absolute atomic E-state index is 12.6. The number of rotatable bonds is 5. The predicted octanol–water partition coefficient (Wildman–Crippen LogP) is 1.59. The number of nitrogens with zero attached hydrogens (tertiary/aromatic N) is 1. The van der Waals surface area contributed by atoms with Crippen molar-refractivity contribution in [2.45, 2.75) is 11.3 Å². The van der Waals surface area contributed by atoms with E-state index in [1.165, 1.54) is 28.6 Å². The highest BCUT2D eigenvalue weighted by Gasteiger charge is 2.41. The molecule has 2 atom stereocenters. The van der Waals surface area contributed by atoms with Crippen molar-refractivity contribution in [3.05, 3.63) is 24.3 Å². The summed E-state index contributed by atoms with van der Waals surface area (Å²) < 4.78 is 55.7. The van der Waals surface area contributed by atoms with Crippen LogP contribution < -0.4 is 10.1 Å². The van der Waals surface area contributed by atoms with E-state index in [1.54, 1.807) is 0 Å². The van der Waals surface area contributed by atoms with E-state index in [9.17, 15) is 17.2 Å². The van der Waals surface area contributed by atoms with Gasteiger partial charge in [-0.15, -0.1) is 12.4 Å². The van der Waals surface area contributed by atoms with Crippen LogP contribution >= 0.6 is 12.4 Å². The van der Waals surface area contributed by atoms with Gasteiger partial charge in [0.15, 0.2) is 0 Å². The largest absolute Gasteiger partial charge is 0.488 e. The molecule has 0 unspecified atom stereocenters. The lowest BCUT2D eigenvalue weighted by Crippen LogP contribution is -2.31. The number of alkyl halides is 2. The molecule has 0 aliphatic carbocycles. The summed E-state index contributed by atoms with van der Waals surface area (Å²) in [6, 6.07) is 5.63. The van der Waals surface area contributed by atoms with Gasteiger partial charge in [0.05, 0.1) is 4.90 Å². The van der Waals surface area contributed by atoms with Gasteiger partial charge in [-0.2, -0.15) is 4.31 Å². The van der Waals surface area contributed by atoms with Crippen LogP contribution in [0.15, 0.2) is 29.2 Å². The van der Waals surface area contributed by atoms with Crippen molar-refractivity contribution in [3.63, 3.8) is 0 Å². The van der Waals surface area contributed by atoms with Crippen molar-refractivity contribution in [2.75, 3.05) is 32.8 Å². The lowest BCUT2D eigenvalue weighted by molar-refractivity contribution is 0.0819. The number of ether oxygens (including phenoxy) is 1. The van der Waals surface area contributed by atoms with Gasteiger partial charge in [0, 0.05) is 13.1 Å². The van der Waals surface area contributed by atoms with Gasteiger partial charge in [0.2, 0.25) is 10.0 Å². The van der Waals surface area contributed by atoms with E-state index in [4.69, 9.17) is 4.74 Å². The van der Waals surface area contributed by atoms with Gasteiger partial charge in [0.1, 0.15) is 12.4 Å². The molecule has 23 heavy (non-hydrogen) atoms. The van der Waals surface area contributed by atoms with Crippen molar-refractivity contribution < 1.29 is 21.9 Å². The topological polar surface area (TPSA) is 58.6 Å². The van der Waals surface area contributed by atoms with E-state index in [0.717, 1.165) is 13.1 Å². The van der Waals surface area contributed by atoms with Crippen molar-refractivity contribution in [1.82, 2.24) is 9.62 Å². The molecule has 1 aromatic rings. The molecule has 1 N–H and O–H groups in total. The van der Waals surface area contributed by atoms with Crippen LogP contribution in [0.25, 0.3) is 0 Å². The highest BCUT2D eigenvalue weighted by Crippen LogP contribution is 2.31. The van der Waals surface area contributed by atoms with E-state index in [0.29, 0.717) is 24.9 Å². The number of halogens is 3. The Kier molecular flexibility index (Phi) is 5.83. The van der Waals surface area contributed by atoms with E-state index >= 15 is 0 Å². The van der Waals surface area contributed by atoms with Crippen LogP contribution in [0, 0.1) is 11.8 Å². The Morgan fingerprint density at radius 1 is 1.17 bits per heavy atom. The Balaban J connectivity index is 0.00000192. The maximum Gasteiger partial charge on any atom is 0.272 e. The van der Waals surface area contributed by atoms with Crippen molar-refractivity contribution in [1.29, 1.82) is 0 Å². The zero-order valence-electron chi connectivity index (χ0n) is 12.3. The van der Waals surface area contributed by atoms with Gasteiger partial charge in [-0.1, -0.05) is 0 Å². The first kappa shape index (κ1) is 18.4. The van der Waals surface area contributed by atoms with Crippen molar-refractivity contribution in [3.8, 4) is 5.75 Å². The van der Waals surface area contributed by atoms with E-state index in [1.807, 2.05) is 0 Å². The summed E-state index contributed by atoms with van der Waals surface area (Å²) in [7, 11) is -3.53. The smallest absolute Gasteiger partial charge is 0.272 e. The normalized spacial score (nSPS) is 24.5. The lowest BCUT2D eigenvalue weighted by Gasteiger charge is -2.17. The van der Waals surface area contributed by atoms with Gasteiger partial charge in [0.25, 0.3) is 6.43 Å². The quantitative estimate of drug-likeness (QED) is 0.857. The Morgan fingerprint density at radius 2 is 1.74 bits per heavy atom.